The molecule has 0 saturated carbocycles. The van der Waals surface area contributed by atoms with E-state index in [9.17, 15) is 45.6 Å². The molecular formula is C32H33N4O14+. The second-order valence-electron chi connectivity index (χ2n) is 11.6. The van der Waals surface area contributed by atoms with Crippen LogP contribution in [-0.4, -0.2) is 127 Å². The number of nitrogens with two attached hydrogens (primary N) is 1. The van der Waals surface area contributed by atoms with Gasteiger partial charge in [-0.25, -0.2) is 9.79 Å². The van der Waals surface area contributed by atoms with Crippen LogP contribution in [0.25, 0.3) is 5.76 Å². The molecule has 6 rings (SSSR count). The number of carboxylic acids is 1. The number of ether oxygens (including phenoxy) is 5. The Kier molecular flexibility index (Phi) is 9.56. The van der Waals surface area contributed by atoms with E-state index in [0.717, 1.165) is 6.07 Å². The van der Waals surface area contributed by atoms with Crippen molar-refractivity contribution in [2.75, 3.05) is 19.9 Å². The van der Waals surface area contributed by atoms with Crippen LogP contribution in [-0.2, 0) is 9.53 Å². The largest absolute Gasteiger partial charge is 0.507 e. The van der Waals surface area contributed by atoms with Gasteiger partial charge >= 0.3 is 11.8 Å². The molecule has 0 bridgehead atoms. The van der Waals surface area contributed by atoms with Crippen molar-refractivity contribution in [3.05, 3.63) is 59.7 Å². The Morgan fingerprint density at radius 3 is 2.54 bits per heavy atom. The minimum absolute atomic E-state index is 0.0435. The summed E-state index contributed by atoms with van der Waals surface area (Å²) in [6, 6.07) is 7.59. The lowest BCUT2D eigenvalue weighted by atomic mass is 9.80. The van der Waals surface area contributed by atoms with Gasteiger partial charge in [0.05, 0.1) is 6.54 Å². The van der Waals surface area contributed by atoms with Crippen molar-refractivity contribution in [3.63, 3.8) is 0 Å². The second-order valence-corrected chi connectivity index (χ2v) is 11.6. The number of nitrogens with zero attached hydrogens (tertiary/aromatic N) is 3. The molecule has 50 heavy (non-hydrogen) atoms. The molecule has 0 aromatic heterocycles. The van der Waals surface area contributed by atoms with Gasteiger partial charge in [-0.2, -0.15) is 0 Å². The number of aliphatic hydroxyl groups excluding tert-OH is 5. The third kappa shape index (κ3) is 6.62. The van der Waals surface area contributed by atoms with Gasteiger partial charge in [0.25, 0.3) is 0 Å². The predicted octanol–water partition coefficient (Wildman–Crippen LogP) is -1.82. The molecule has 0 amide bonds. The van der Waals surface area contributed by atoms with Gasteiger partial charge in [0.1, 0.15) is 59.7 Å². The van der Waals surface area contributed by atoms with Crippen molar-refractivity contribution in [2.24, 2.45) is 15.0 Å². The highest BCUT2D eigenvalue weighted by atomic mass is 16.7. The van der Waals surface area contributed by atoms with Crippen LogP contribution in [0.15, 0.2) is 63.5 Å². The summed E-state index contributed by atoms with van der Waals surface area (Å²) in [7, 11) is 0. The van der Waals surface area contributed by atoms with Crippen molar-refractivity contribution in [2.45, 2.75) is 48.8 Å². The monoisotopic (exact) mass is 697 g/mol. The van der Waals surface area contributed by atoms with Gasteiger partial charge < -0.3 is 64.5 Å². The van der Waals surface area contributed by atoms with E-state index >= 15 is 0 Å². The summed E-state index contributed by atoms with van der Waals surface area (Å²) >= 11 is 0. The van der Waals surface area contributed by atoms with Crippen molar-refractivity contribution < 1.29 is 74.7 Å². The van der Waals surface area contributed by atoms with Crippen molar-refractivity contribution in [1.82, 2.24) is 0 Å². The van der Waals surface area contributed by atoms with Crippen molar-refractivity contribution in [3.8, 4) is 28.7 Å². The zero-order chi connectivity index (χ0) is 35.7. The molecule has 4 heterocycles. The van der Waals surface area contributed by atoms with E-state index in [1.54, 1.807) is 36.4 Å². The standard InChI is InChI=1S/C32H32N4O14/c33-23-6-5-17(36-23)19(39)11-46-16-3-1-14(2-4-16)20-7-18(38)24-21(48-20)8-22(27(25(24)40)47-13-37)49-31-26(41)28(42)32(45,29(50-31)30(43)44)9-15-10-34-12-35-15/h1-8,12,19-20,26,28-29,31,33,37-42,45H,9-11,13H2,(H,43,44)/p+1. The maximum Gasteiger partial charge on any atom is 0.336 e. The number of carboxylic acid groups (broad SMARTS) is 1. The molecule has 1 saturated heterocycles. The van der Waals surface area contributed by atoms with Crippen LogP contribution in [0.3, 0.4) is 0 Å². The molecule has 18 heteroatoms. The Morgan fingerprint density at radius 1 is 1.14 bits per heavy atom. The summed E-state index contributed by atoms with van der Waals surface area (Å²) in [6.07, 6.45) is -5.08. The molecule has 1 fully saturated rings. The summed E-state index contributed by atoms with van der Waals surface area (Å²) in [4.78, 5) is 24.0. The molecular weight excluding hydrogens is 664 g/mol. The van der Waals surface area contributed by atoms with E-state index in [2.05, 4.69) is 15.0 Å². The van der Waals surface area contributed by atoms with Gasteiger partial charge in [-0.15, -0.1) is 0 Å². The maximum atomic E-state index is 12.2. The maximum absolute atomic E-state index is 12.2. The lowest BCUT2D eigenvalue weighted by molar-refractivity contribution is -0.303. The predicted molar refractivity (Wildman–Crippen MR) is 171 cm³/mol. The van der Waals surface area contributed by atoms with Crippen LogP contribution in [0.4, 0.5) is 0 Å². The quantitative estimate of drug-likeness (QED) is 0.110. The third-order valence-corrected chi connectivity index (χ3v) is 8.24. The first kappa shape index (κ1) is 34.5. The van der Waals surface area contributed by atoms with E-state index in [1.165, 1.54) is 12.4 Å². The van der Waals surface area contributed by atoms with E-state index in [-0.39, 0.29) is 36.0 Å². The number of rotatable bonds is 12. The summed E-state index contributed by atoms with van der Waals surface area (Å²) in [5, 5.41) is 90.4. The van der Waals surface area contributed by atoms with Gasteiger partial charge in [-0.05, 0) is 28.8 Å². The number of benzene rings is 2. The van der Waals surface area contributed by atoms with Gasteiger partial charge in [0, 0.05) is 30.4 Å². The topological polar surface area (TPSA) is 288 Å². The van der Waals surface area contributed by atoms with Crippen molar-refractivity contribution in [1.29, 1.82) is 0 Å². The van der Waals surface area contributed by atoms with Gasteiger partial charge in [0.2, 0.25) is 12.0 Å². The zero-order valence-corrected chi connectivity index (χ0v) is 25.9. The van der Waals surface area contributed by atoms with Crippen LogP contribution < -0.4 is 24.4 Å². The number of aliphatic hydroxyl groups is 6. The molecule has 264 valence electrons. The number of hydrogen-bond acceptors (Lipinski definition) is 15. The van der Waals surface area contributed by atoms with Gasteiger partial charge in [-0.1, -0.05) is 12.1 Å². The first-order chi connectivity index (χ1) is 23.9. The Bertz CT molecular complexity index is 1820. The number of phenolic OH excluding ortho intramolecular Hbond substituents is 1. The SMILES string of the molecule is [NH2+]=C1C=CC(C(O)COc2ccc(C3C=C(O)c4c(cc(OC5OC(C(=O)O)C(O)(CC6=NC=NC6)C(O)C5O)c(OCO)c4O)O3)cc2)=N1. The highest BCUT2D eigenvalue weighted by Crippen LogP contribution is 2.51. The minimum atomic E-state index is -2.54. The second kappa shape index (κ2) is 13.9. The average molecular weight is 698 g/mol. The number of carbonyl (C=O) groups is 1. The van der Waals surface area contributed by atoms with Crippen LogP contribution in [0.5, 0.6) is 28.7 Å². The molecule has 2 aromatic rings. The Labute approximate surface area is 282 Å². The fraction of sp³-hybridized carbons (Fsp3) is 0.344. The summed E-state index contributed by atoms with van der Waals surface area (Å²) in [6.45, 7) is -1.04. The van der Waals surface area contributed by atoms with Crippen LogP contribution in [0, 0.1) is 0 Å². The number of phenols is 1. The van der Waals surface area contributed by atoms with E-state index in [0.29, 0.717) is 17.0 Å². The highest BCUT2D eigenvalue weighted by molar-refractivity contribution is 6.14. The fourth-order valence-corrected chi connectivity index (χ4v) is 5.75. The summed E-state index contributed by atoms with van der Waals surface area (Å²) in [5.74, 6) is -3.36. The number of amidine groups is 1. The molecule has 0 radical (unpaired) electrons. The van der Waals surface area contributed by atoms with Crippen LogP contribution in [0.1, 0.15) is 23.7 Å². The first-order valence-corrected chi connectivity index (χ1v) is 15.1. The summed E-state index contributed by atoms with van der Waals surface area (Å²) < 4.78 is 28.0. The average Bonchev–Trinajstić information content (AvgIpc) is 3.77. The minimum Gasteiger partial charge on any atom is -0.507 e. The normalized spacial score (nSPS) is 27.5. The Balaban J connectivity index is 1.22. The van der Waals surface area contributed by atoms with E-state index in [4.69, 9.17) is 29.1 Å². The molecule has 0 spiro atoms. The van der Waals surface area contributed by atoms with Gasteiger partial charge in [0.15, 0.2) is 36.2 Å². The highest BCUT2D eigenvalue weighted by Gasteiger charge is 2.59. The van der Waals surface area contributed by atoms with Gasteiger partial charge in [-0.3, -0.25) is 10.4 Å². The smallest absolute Gasteiger partial charge is 0.336 e. The number of aromatic hydroxyl groups is 1. The van der Waals surface area contributed by atoms with E-state index in [1.807, 2.05) is 0 Å². The van der Waals surface area contributed by atoms with E-state index < -0.39 is 84.6 Å². The Hall–Kier alpha value is -5.37. The summed E-state index contributed by atoms with van der Waals surface area (Å²) in [5.41, 5.74) is -1.65. The molecule has 2 aromatic carbocycles. The Morgan fingerprint density at radius 2 is 1.90 bits per heavy atom. The molecule has 10 N–H and O–H groups in total. The van der Waals surface area contributed by atoms with Crippen molar-refractivity contribution >= 4 is 35.3 Å². The molecule has 4 aliphatic rings. The fourth-order valence-electron chi connectivity index (χ4n) is 5.75. The number of aliphatic imine (C=N–C) groups is 3. The third-order valence-electron chi connectivity index (χ3n) is 8.24. The molecule has 18 nitrogen and oxygen atoms in total. The molecule has 4 aliphatic heterocycles. The first-order valence-electron chi connectivity index (χ1n) is 15.1. The number of fused-ring (bicyclic) bond motifs is 1. The number of aliphatic carboxylic acids is 1. The molecule has 7 unspecified atom stereocenters. The molecule has 7 atom stereocenters. The number of hydrogen-bond donors (Lipinski definition) is 9. The lowest BCUT2D eigenvalue weighted by Crippen LogP contribution is -2.69. The zero-order valence-electron chi connectivity index (χ0n) is 25.9. The van der Waals surface area contributed by atoms with Crippen LogP contribution in [0.2, 0.25) is 0 Å². The molecule has 0 aliphatic carbocycles. The lowest BCUT2D eigenvalue weighted by Gasteiger charge is -2.46. The van der Waals surface area contributed by atoms with Crippen LogP contribution >= 0.6 is 0 Å².